The Morgan fingerprint density at radius 3 is 3.05 bits per heavy atom. The molecule has 5 heteroatoms. The summed E-state index contributed by atoms with van der Waals surface area (Å²) in [7, 11) is 0. The van der Waals surface area contributed by atoms with Gasteiger partial charge in [0.1, 0.15) is 11.4 Å². The number of carbonyl (C=O) groups is 1. The van der Waals surface area contributed by atoms with Crippen molar-refractivity contribution in [2.75, 3.05) is 6.61 Å². The van der Waals surface area contributed by atoms with E-state index >= 15 is 0 Å². The van der Waals surface area contributed by atoms with Crippen molar-refractivity contribution in [1.82, 2.24) is 9.38 Å². The van der Waals surface area contributed by atoms with Gasteiger partial charge in [-0.1, -0.05) is 12.1 Å². The molecular weight excluding hydrogens is 260 g/mol. The van der Waals surface area contributed by atoms with E-state index in [4.69, 9.17) is 4.74 Å². The molecule has 1 aromatic carbocycles. The molecule has 0 spiro atoms. The third-order valence-electron chi connectivity index (χ3n) is 2.86. The summed E-state index contributed by atoms with van der Waals surface area (Å²) < 4.78 is 7.50. The summed E-state index contributed by atoms with van der Waals surface area (Å²) in [5.41, 5.74) is 2.46. The lowest BCUT2D eigenvalue weighted by molar-refractivity contribution is 0.111. The molecule has 0 aliphatic carbocycles. The maximum atomic E-state index is 11.1. The molecule has 0 saturated carbocycles. The highest BCUT2D eigenvalue weighted by atomic mass is 32.1. The van der Waals surface area contributed by atoms with Crippen LogP contribution in [0.5, 0.6) is 5.75 Å². The van der Waals surface area contributed by atoms with Crippen molar-refractivity contribution >= 4 is 22.6 Å². The number of hydrogen-bond acceptors (Lipinski definition) is 4. The number of ether oxygens (including phenoxy) is 1. The number of rotatable bonds is 4. The summed E-state index contributed by atoms with van der Waals surface area (Å²) in [5.74, 6) is 0.815. The summed E-state index contributed by atoms with van der Waals surface area (Å²) in [6.45, 7) is 2.56. The minimum Gasteiger partial charge on any atom is -0.493 e. The standard InChI is InChI=1S/C14H12N2O2S/c1-2-18-13-6-4-3-5-11(13)12-9-19-14-15-7-10(8-17)16(12)14/h3-9H,2H2,1H3. The molecule has 4 nitrogen and oxygen atoms in total. The van der Waals surface area contributed by atoms with Crippen LogP contribution in [0.2, 0.25) is 0 Å². The van der Waals surface area contributed by atoms with E-state index in [1.807, 2.05) is 41.0 Å². The van der Waals surface area contributed by atoms with Crippen LogP contribution in [0, 0.1) is 0 Å². The summed E-state index contributed by atoms with van der Waals surface area (Å²) in [6, 6.07) is 7.81. The van der Waals surface area contributed by atoms with Crippen LogP contribution in [0.25, 0.3) is 16.2 Å². The maximum Gasteiger partial charge on any atom is 0.194 e. The fraction of sp³-hybridized carbons (Fsp3) is 0.143. The minimum atomic E-state index is 0.553. The molecule has 3 rings (SSSR count). The van der Waals surface area contributed by atoms with E-state index < -0.39 is 0 Å². The van der Waals surface area contributed by atoms with E-state index in [2.05, 4.69) is 4.98 Å². The molecule has 0 aliphatic heterocycles. The lowest BCUT2D eigenvalue weighted by Crippen LogP contribution is -1.96. The number of thiazole rings is 1. The fourth-order valence-electron chi connectivity index (χ4n) is 2.06. The summed E-state index contributed by atoms with van der Waals surface area (Å²) in [4.78, 5) is 16.1. The first-order valence-electron chi connectivity index (χ1n) is 5.97. The lowest BCUT2D eigenvalue weighted by atomic mass is 10.1. The number of imidazole rings is 1. The molecule has 0 saturated heterocycles. The molecular formula is C14H12N2O2S. The van der Waals surface area contributed by atoms with Crippen molar-refractivity contribution in [3.05, 3.63) is 41.5 Å². The number of aldehydes is 1. The highest BCUT2D eigenvalue weighted by Crippen LogP contribution is 2.33. The predicted molar refractivity (Wildman–Crippen MR) is 75.1 cm³/mol. The van der Waals surface area contributed by atoms with Gasteiger partial charge in [0.05, 0.1) is 18.5 Å². The quantitative estimate of drug-likeness (QED) is 0.685. The second kappa shape index (κ2) is 4.85. The third-order valence-corrected chi connectivity index (χ3v) is 3.70. The Balaban J connectivity index is 2.24. The molecule has 0 aliphatic rings. The second-order valence-electron chi connectivity index (χ2n) is 3.97. The van der Waals surface area contributed by atoms with E-state index in [1.54, 1.807) is 6.20 Å². The van der Waals surface area contributed by atoms with Crippen LogP contribution >= 0.6 is 11.3 Å². The summed E-state index contributed by atoms with van der Waals surface area (Å²) in [5, 5.41) is 1.99. The lowest BCUT2D eigenvalue weighted by Gasteiger charge is -2.09. The van der Waals surface area contributed by atoms with Crippen LogP contribution in [0.1, 0.15) is 17.4 Å². The average molecular weight is 272 g/mol. The van der Waals surface area contributed by atoms with E-state index in [0.717, 1.165) is 28.3 Å². The van der Waals surface area contributed by atoms with E-state index in [1.165, 1.54) is 11.3 Å². The van der Waals surface area contributed by atoms with Gasteiger partial charge in [-0.3, -0.25) is 9.20 Å². The Hall–Kier alpha value is -2.14. The molecule has 0 atom stereocenters. The molecule has 0 bridgehead atoms. The van der Waals surface area contributed by atoms with Crippen molar-refractivity contribution in [1.29, 1.82) is 0 Å². The van der Waals surface area contributed by atoms with Gasteiger partial charge in [0.2, 0.25) is 0 Å². The summed E-state index contributed by atoms with van der Waals surface area (Å²) >= 11 is 1.51. The third kappa shape index (κ3) is 1.92. The van der Waals surface area contributed by atoms with Gasteiger partial charge in [0.15, 0.2) is 11.2 Å². The van der Waals surface area contributed by atoms with Crippen molar-refractivity contribution in [3.8, 4) is 17.0 Å². The monoisotopic (exact) mass is 272 g/mol. The van der Waals surface area contributed by atoms with Crippen LogP contribution in [-0.2, 0) is 0 Å². The second-order valence-corrected chi connectivity index (χ2v) is 4.81. The summed E-state index contributed by atoms with van der Waals surface area (Å²) in [6.07, 6.45) is 2.41. The average Bonchev–Trinajstić information content (AvgIpc) is 3.01. The molecule has 3 aromatic rings. The number of carbonyl (C=O) groups excluding carboxylic acids is 1. The Morgan fingerprint density at radius 1 is 1.42 bits per heavy atom. The van der Waals surface area contributed by atoms with Gasteiger partial charge in [0, 0.05) is 10.9 Å². The Labute approximate surface area is 114 Å². The SMILES string of the molecule is CCOc1ccccc1-c1csc2ncc(C=O)n12. The molecule has 0 fully saturated rings. The zero-order chi connectivity index (χ0) is 13.2. The molecule has 0 N–H and O–H groups in total. The number of para-hydroxylation sites is 1. The number of nitrogens with zero attached hydrogens (tertiary/aromatic N) is 2. The normalized spacial score (nSPS) is 10.8. The van der Waals surface area contributed by atoms with Crippen molar-refractivity contribution < 1.29 is 9.53 Å². The topological polar surface area (TPSA) is 43.6 Å². The minimum absolute atomic E-state index is 0.553. The first-order valence-corrected chi connectivity index (χ1v) is 6.85. The van der Waals surface area contributed by atoms with Crippen LogP contribution in [0.4, 0.5) is 0 Å². The van der Waals surface area contributed by atoms with Crippen molar-refractivity contribution in [2.24, 2.45) is 0 Å². The van der Waals surface area contributed by atoms with Gasteiger partial charge in [-0.2, -0.15) is 0 Å². The smallest absolute Gasteiger partial charge is 0.194 e. The van der Waals surface area contributed by atoms with Gasteiger partial charge in [0.25, 0.3) is 0 Å². The molecule has 2 aromatic heterocycles. The molecule has 2 heterocycles. The number of fused-ring (bicyclic) bond motifs is 1. The fourth-order valence-corrected chi connectivity index (χ4v) is 2.93. The number of hydrogen-bond donors (Lipinski definition) is 0. The predicted octanol–water partition coefficient (Wildman–Crippen LogP) is 3.27. The van der Waals surface area contributed by atoms with Crippen LogP contribution < -0.4 is 4.74 Å². The molecule has 0 amide bonds. The van der Waals surface area contributed by atoms with Gasteiger partial charge in [-0.25, -0.2) is 4.98 Å². The molecule has 96 valence electrons. The van der Waals surface area contributed by atoms with Crippen molar-refractivity contribution in [2.45, 2.75) is 6.92 Å². The maximum absolute atomic E-state index is 11.1. The Morgan fingerprint density at radius 2 is 2.26 bits per heavy atom. The van der Waals surface area contributed by atoms with Crippen LogP contribution in [-0.4, -0.2) is 22.3 Å². The van der Waals surface area contributed by atoms with Gasteiger partial charge in [-0.15, -0.1) is 11.3 Å². The van der Waals surface area contributed by atoms with Crippen molar-refractivity contribution in [3.63, 3.8) is 0 Å². The van der Waals surface area contributed by atoms with E-state index in [0.29, 0.717) is 12.3 Å². The Bertz CT molecular complexity index is 730. The van der Waals surface area contributed by atoms with Crippen LogP contribution in [0.3, 0.4) is 0 Å². The highest BCUT2D eigenvalue weighted by molar-refractivity contribution is 7.15. The largest absolute Gasteiger partial charge is 0.493 e. The van der Waals surface area contributed by atoms with E-state index in [-0.39, 0.29) is 0 Å². The zero-order valence-corrected chi connectivity index (χ0v) is 11.2. The van der Waals surface area contributed by atoms with E-state index in [9.17, 15) is 4.79 Å². The van der Waals surface area contributed by atoms with Gasteiger partial charge < -0.3 is 4.74 Å². The zero-order valence-electron chi connectivity index (χ0n) is 10.4. The van der Waals surface area contributed by atoms with Gasteiger partial charge >= 0.3 is 0 Å². The molecule has 0 unspecified atom stereocenters. The molecule has 0 radical (unpaired) electrons. The first kappa shape index (κ1) is 11.9. The Kier molecular flexibility index (Phi) is 3.05. The van der Waals surface area contributed by atoms with Gasteiger partial charge in [-0.05, 0) is 19.1 Å². The van der Waals surface area contributed by atoms with Crippen LogP contribution in [0.15, 0.2) is 35.8 Å². The highest BCUT2D eigenvalue weighted by Gasteiger charge is 2.14. The number of benzene rings is 1. The molecule has 19 heavy (non-hydrogen) atoms. The number of aromatic nitrogens is 2. The first-order chi connectivity index (χ1) is 9.35.